The number of nitrogens with zero attached hydrogens (tertiary/aromatic N) is 1. The van der Waals surface area contributed by atoms with Crippen LogP contribution in [-0.4, -0.2) is 25.3 Å². The Balaban J connectivity index is 2.29. The van der Waals surface area contributed by atoms with Crippen LogP contribution in [0.4, 0.5) is 5.69 Å². The summed E-state index contributed by atoms with van der Waals surface area (Å²) in [4.78, 5) is 13.0. The molecule has 0 unspecified atom stereocenters. The molecular formula is C14H13NO3. The van der Waals surface area contributed by atoms with Crippen LogP contribution in [0.2, 0.25) is 0 Å². The lowest BCUT2D eigenvalue weighted by atomic mass is 10.2. The predicted molar refractivity (Wildman–Crippen MR) is 70.6 cm³/mol. The van der Waals surface area contributed by atoms with Crippen LogP contribution >= 0.6 is 0 Å². The summed E-state index contributed by atoms with van der Waals surface area (Å²) in [7, 11) is 1.91. The van der Waals surface area contributed by atoms with Gasteiger partial charge in [0.1, 0.15) is 12.2 Å². The standard InChI is InChI=1S/C14H13NO3/c1-15(8-2-3-9-16)12-5-6-13-11(10-12)4-7-14(17)18-13/h4-7,10,16H,8-9H2,1H3. The Morgan fingerprint density at radius 2 is 2.11 bits per heavy atom. The van der Waals surface area contributed by atoms with E-state index < -0.39 is 0 Å². The van der Waals surface area contributed by atoms with Crippen molar-refractivity contribution in [1.82, 2.24) is 0 Å². The van der Waals surface area contributed by atoms with Gasteiger partial charge >= 0.3 is 5.63 Å². The van der Waals surface area contributed by atoms with Gasteiger partial charge in [-0.15, -0.1) is 0 Å². The third-order valence-electron chi connectivity index (χ3n) is 2.56. The highest BCUT2D eigenvalue weighted by atomic mass is 16.4. The molecule has 2 aromatic rings. The Labute approximate surface area is 104 Å². The molecule has 0 spiro atoms. The van der Waals surface area contributed by atoms with Crippen LogP contribution in [0.5, 0.6) is 0 Å². The summed E-state index contributed by atoms with van der Waals surface area (Å²) < 4.78 is 5.06. The first-order valence-corrected chi connectivity index (χ1v) is 5.52. The van der Waals surface area contributed by atoms with E-state index in [4.69, 9.17) is 9.52 Å². The van der Waals surface area contributed by atoms with Crippen molar-refractivity contribution >= 4 is 16.7 Å². The third kappa shape index (κ3) is 2.70. The lowest BCUT2D eigenvalue weighted by molar-refractivity contribution is 0.350. The molecule has 0 aliphatic carbocycles. The minimum absolute atomic E-state index is 0.128. The van der Waals surface area contributed by atoms with Crippen molar-refractivity contribution in [3.8, 4) is 11.8 Å². The molecule has 1 aromatic heterocycles. The molecule has 0 amide bonds. The van der Waals surface area contributed by atoms with E-state index in [0.717, 1.165) is 11.1 Å². The summed E-state index contributed by atoms with van der Waals surface area (Å²) in [5, 5.41) is 9.45. The highest BCUT2D eigenvalue weighted by Crippen LogP contribution is 2.19. The molecule has 0 saturated heterocycles. The fraction of sp³-hybridized carbons (Fsp3) is 0.214. The van der Waals surface area contributed by atoms with Gasteiger partial charge in [0.25, 0.3) is 0 Å². The average molecular weight is 243 g/mol. The summed E-state index contributed by atoms with van der Waals surface area (Å²) in [5.74, 6) is 5.44. The fourth-order valence-electron chi connectivity index (χ4n) is 1.62. The molecule has 0 saturated carbocycles. The van der Waals surface area contributed by atoms with Gasteiger partial charge < -0.3 is 14.4 Å². The quantitative estimate of drug-likeness (QED) is 0.636. The maximum Gasteiger partial charge on any atom is 0.336 e. The number of rotatable bonds is 2. The van der Waals surface area contributed by atoms with E-state index >= 15 is 0 Å². The van der Waals surface area contributed by atoms with Crippen LogP contribution in [0.3, 0.4) is 0 Å². The van der Waals surface area contributed by atoms with E-state index in [1.807, 2.05) is 24.1 Å². The third-order valence-corrected chi connectivity index (χ3v) is 2.56. The minimum Gasteiger partial charge on any atom is -0.423 e. The molecule has 0 aliphatic rings. The van der Waals surface area contributed by atoms with Gasteiger partial charge in [-0.1, -0.05) is 11.8 Å². The molecular weight excluding hydrogens is 230 g/mol. The van der Waals surface area contributed by atoms with Crippen molar-refractivity contribution < 1.29 is 9.52 Å². The minimum atomic E-state index is -0.350. The number of aliphatic hydroxyl groups is 1. The molecule has 2 rings (SSSR count). The number of benzene rings is 1. The number of hydrogen-bond acceptors (Lipinski definition) is 4. The van der Waals surface area contributed by atoms with E-state index in [1.165, 1.54) is 6.07 Å². The summed E-state index contributed by atoms with van der Waals surface area (Å²) in [6, 6.07) is 8.70. The van der Waals surface area contributed by atoms with Gasteiger partial charge in [0, 0.05) is 24.2 Å². The van der Waals surface area contributed by atoms with E-state index in [-0.39, 0.29) is 12.2 Å². The molecule has 0 bridgehead atoms. The predicted octanol–water partition coefficient (Wildman–Crippen LogP) is 1.22. The van der Waals surface area contributed by atoms with Gasteiger partial charge in [-0.05, 0) is 24.3 Å². The Morgan fingerprint density at radius 1 is 1.28 bits per heavy atom. The van der Waals surface area contributed by atoms with Gasteiger partial charge in [0.05, 0.1) is 6.54 Å². The second kappa shape index (κ2) is 5.39. The zero-order valence-corrected chi connectivity index (χ0v) is 10.0. The van der Waals surface area contributed by atoms with Crippen LogP contribution < -0.4 is 10.5 Å². The highest BCUT2D eigenvalue weighted by Gasteiger charge is 2.02. The molecule has 92 valence electrons. The molecule has 18 heavy (non-hydrogen) atoms. The second-order valence-electron chi connectivity index (χ2n) is 3.84. The van der Waals surface area contributed by atoms with Crippen LogP contribution in [0.15, 0.2) is 39.5 Å². The first kappa shape index (κ1) is 12.2. The smallest absolute Gasteiger partial charge is 0.336 e. The van der Waals surface area contributed by atoms with Gasteiger partial charge in [0.15, 0.2) is 0 Å². The Bertz CT molecular complexity index is 664. The molecule has 1 N–H and O–H groups in total. The maximum absolute atomic E-state index is 11.1. The number of aliphatic hydroxyl groups excluding tert-OH is 1. The summed E-state index contributed by atoms with van der Waals surface area (Å²) in [5.41, 5.74) is 1.20. The zero-order valence-electron chi connectivity index (χ0n) is 10.0. The van der Waals surface area contributed by atoms with Crippen molar-refractivity contribution in [3.05, 3.63) is 40.8 Å². The largest absolute Gasteiger partial charge is 0.423 e. The molecule has 1 aromatic carbocycles. The van der Waals surface area contributed by atoms with Crippen molar-refractivity contribution in [3.63, 3.8) is 0 Å². The fourth-order valence-corrected chi connectivity index (χ4v) is 1.62. The van der Waals surface area contributed by atoms with Crippen LogP contribution in [0, 0.1) is 11.8 Å². The highest BCUT2D eigenvalue weighted by molar-refractivity contribution is 5.80. The van der Waals surface area contributed by atoms with Crippen LogP contribution in [0.25, 0.3) is 11.0 Å². The van der Waals surface area contributed by atoms with Crippen molar-refractivity contribution in [2.45, 2.75) is 0 Å². The van der Waals surface area contributed by atoms with Crippen LogP contribution in [0.1, 0.15) is 0 Å². The summed E-state index contributed by atoms with van der Waals surface area (Å²) in [6.45, 7) is 0.402. The molecule has 4 nitrogen and oxygen atoms in total. The normalized spacial score (nSPS) is 9.89. The Hall–Kier alpha value is -2.25. The summed E-state index contributed by atoms with van der Waals surface area (Å²) in [6.07, 6.45) is 0. The Morgan fingerprint density at radius 3 is 2.89 bits per heavy atom. The summed E-state index contributed by atoms with van der Waals surface area (Å²) >= 11 is 0. The van der Waals surface area contributed by atoms with E-state index in [1.54, 1.807) is 12.1 Å². The molecule has 4 heteroatoms. The van der Waals surface area contributed by atoms with Crippen molar-refractivity contribution in [2.75, 3.05) is 25.1 Å². The topological polar surface area (TPSA) is 53.7 Å². The average Bonchev–Trinajstić information content (AvgIpc) is 2.38. The molecule has 1 heterocycles. The first-order valence-electron chi connectivity index (χ1n) is 5.52. The molecule has 0 fully saturated rings. The first-order chi connectivity index (χ1) is 8.70. The van der Waals surface area contributed by atoms with E-state index in [9.17, 15) is 4.79 Å². The van der Waals surface area contributed by atoms with Gasteiger partial charge in [-0.25, -0.2) is 4.79 Å². The number of hydrogen-bond donors (Lipinski definition) is 1. The van der Waals surface area contributed by atoms with Crippen molar-refractivity contribution in [2.24, 2.45) is 0 Å². The SMILES string of the molecule is CN(CC#CCO)c1ccc2oc(=O)ccc2c1. The second-order valence-corrected chi connectivity index (χ2v) is 3.84. The maximum atomic E-state index is 11.1. The lowest BCUT2D eigenvalue weighted by Gasteiger charge is -2.16. The molecule has 0 aliphatic heterocycles. The van der Waals surface area contributed by atoms with E-state index in [2.05, 4.69) is 11.8 Å². The number of anilines is 1. The van der Waals surface area contributed by atoms with Crippen molar-refractivity contribution in [1.29, 1.82) is 0 Å². The van der Waals surface area contributed by atoms with Gasteiger partial charge in [-0.2, -0.15) is 0 Å². The molecule has 0 atom stereocenters. The Kier molecular flexibility index (Phi) is 3.66. The van der Waals surface area contributed by atoms with Crippen LogP contribution in [-0.2, 0) is 0 Å². The lowest BCUT2D eigenvalue weighted by Crippen LogP contribution is -2.17. The monoisotopic (exact) mass is 243 g/mol. The van der Waals surface area contributed by atoms with Gasteiger partial charge in [-0.3, -0.25) is 0 Å². The number of fused-ring (bicyclic) bond motifs is 1. The van der Waals surface area contributed by atoms with Gasteiger partial charge in [0.2, 0.25) is 0 Å². The van der Waals surface area contributed by atoms with E-state index in [0.29, 0.717) is 12.1 Å². The molecule has 0 radical (unpaired) electrons. The zero-order chi connectivity index (χ0) is 13.0.